The minimum absolute atomic E-state index is 0.489. The number of aromatic amines is 1. The zero-order chi connectivity index (χ0) is 13.7. The number of aryl methyl sites for hydroxylation is 2. The smallest absolute Gasteiger partial charge is 0.252 e. The van der Waals surface area contributed by atoms with Gasteiger partial charge in [-0.2, -0.15) is 4.98 Å². The van der Waals surface area contributed by atoms with Crippen molar-refractivity contribution in [2.75, 3.05) is 0 Å². The third kappa shape index (κ3) is 2.96. The number of hydrogen-bond donors (Lipinski definition) is 1. The van der Waals surface area contributed by atoms with Gasteiger partial charge in [0.1, 0.15) is 0 Å². The number of nitrogens with one attached hydrogen (secondary N) is 1. The van der Waals surface area contributed by atoms with Crippen LogP contribution in [0, 0.1) is 18.6 Å². The van der Waals surface area contributed by atoms with Crippen molar-refractivity contribution in [3.63, 3.8) is 0 Å². The molecule has 2 rings (SSSR count). The Morgan fingerprint density at radius 1 is 1.22 bits per heavy atom. The average Bonchev–Trinajstić information content (AvgIpc) is 2.72. The van der Waals surface area contributed by atoms with Gasteiger partial charge < -0.3 is 0 Å². The number of H-pyrrole nitrogens is 1. The highest BCUT2D eigenvalue weighted by atomic mass is 32.1. The van der Waals surface area contributed by atoms with Gasteiger partial charge in [-0.3, -0.25) is 5.10 Å². The summed E-state index contributed by atoms with van der Waals surface area (Å²) in [5.41, 5.74) is 3.53. The average molecular weight is 266 g/mol. The fourth-order valence-electron chi connectivity index (χ4n) is 1.95. The van der Waals surface area contributed by atoms with Crippen molar-refractivity contribution < 1.29 is 0 Å². The van der Waals surface area contributed by atoms with E-state index in [0.717, 1.165) is 12.1 Å². The van der Waals surface area contributed by atoms with Crippen LogP contribution >= 0.6 is 12.2 Å². The van der Waals surface area contributed by atoms with Crippen molar-refractivity contribution in [3.05, 3.63) is 21.7 Å². The van der Waals surface area contributed by atoms with E-state index in [4.69, 9.17) is 12.2 Å². The minimum Gasteiger partial charge on any atom is -0.265 e. The second-order valence-corrected chi connectivity index (χ2v) is 4.42. The second-order valence-electron chi connectivity index (χ2n) is 4.03. The molecule has 1 N–H and O–H groups in total. The quantitative estimate of drug-likeness (QED) is 0.860. The van der Waals surface area contributed by atoms with Crippen LogP contribution in [0.1, 0.15) is 50.6 Å². The molecule has 4 nitrogen and oxygen atoms in total. The van der Waals surface area contributed by atoms with Gasteiger partial charge in [0.25, 0.3) is 5.78 Å². The minimum atomic E-state index is 0.489. The van der Waals surface area contributed by atoms with Gasteiger partial charge in [-0.05, 0) is 44.5 Å². The summed E-state index contributed by atoms with van der Waals surface area (Å²) in [6, 6.07) is 0. The first-order valence-corrected chi connectivity index (χ1v) is 6.99. The Kier molecular flexibility index (Phi) is 5.47. The Balaban J connectivity index is 0.000000771. The number of unbranched alkanes of at least 4 members (excludes halogenated alkanes) is 1. The number of fused-ring (bicyclic) bond motifs is 1. The Bertz CT molecular complexity index is 568. The molecule has 2 aromatic rings. The van der Waals surface area contributed by atoms with Gasteiger partial charge >= 0.3 is 0 Å². The lowest BCUT2D eigenvalue weighted by atomic mass is 10.1. The van der Waals surface area contributed by atoms with Crippen LogP contribution in [0.3, 0.4) is 0 Å². The number of aromatic nitrogens is 4. The van der Waals surface area contributed by atoms with Crippen molar-refractivity contribution in [1.82, 2.24) is 19.6 Å². The van der Waals surface area contributed by atoms with E-state index in [2.05, 4.69) is 28.9 Å². The first-order chi connectivity index (χ1) is 8.63. The van der Waals surface area contributed by atoms with Crippen molar-refractivity contribution in [2.24, 2.45) is 0 Å². The highest BCUT2D eigenvalue weighted by Gasteiger charge is 2.09. The molecule has 0 radical (unpaired) electrons. The third-order valence-electron chi connectivity index (χ3n) is 2.87. The molecule has 0 unspecified atom stereocenters. The SMILES string of the molecule is CC.CCCCc1c(C)nc2nc(=S)[nH]n2c1C. The predicted octanol–water partition coefficient (Wildman–Crippen LogP) is 3.77. The fraction of sp³-hybridized carbons (Fsp3) is 0.615. The first-order valence-electron chi connectivity index (χ1n) is 6.58. The molecule has 0 aromatic carbocycles. The van der Waals surface area contributed by atoms with Gasteiger partial charge in [-0.25, -0.2) is 9.50 Å². The van der Waals surface area contributed by atoms with Gasteiger partial charge in [-0.1, -0.05) is 27.2 Å². The topological polar surface area (TPSA) is 46.0 Å². The van der Waals surface area contributed by atoms with E-state index in [1.807, 2.05) is 25.3 Å². The van der Waals surface area contributed by atoms with Crippen molar-refractivity contribution in [1.29, 1.82) is 0 Å². The van der Waals surface area contributed by atoms with Crippen LogP contribution in [0.5, 0.6) is 0 Å². The Labute approximate surface area is 113 Å². The summed E-state index contributed by atoms with van der Waals surface area (Å²) in [5, 5.41) is 3.03. The summed E-state index contributed by atoms with van der Waals surface area (Å²) in [6.07, 6.45) is 3.44. The molecular formula is C13H22N4S. The molecule has 0 fully saturated rings. The summed E-state index contributed by atoms with van der Waals surface area (Å²) in [7, 11) is 0. The predicted molar refractivity (Wildman–Crippen MR) is 77.6 cm³/mol. The van der Waals surface area contributed by atoms with Crippen LogP contribution in [-0.2, 0) is 6.42 Å². The lowest BCUT2D eigenvalue weighted by molar-refractivity contribution is 0.758. The summed E-state index contributed by atoms with van der Waals surface area (Å²) < 4.78 is 2.36. The lowest BCUT2D eigenvalue weighted by Crippen LogP contribution is -2.05. The Morgan fingerprint density at radius 2 is 1.89 bits per heavy atom. The maximum atomic E-state index is 5.02. The van der Waals surface area contributed by atoms with Gasteiger partial charge in [-0.15, -0.1) is 0 Å². The van der Waals surface area contributed by atoms with Gasteiger partial charge in [0.15, 0.2) is 0 Å². The molecule has 0 amide bonds. The van der Waals surface area contributed by atoms with Crippen LogP contribution in [0.4, 0.5) is 0 Å². The zero-order valence-corrected chi connectivity index (χ0v) is 12.7. The molecular weight excluding hydrogens is 244 g/mol. The number of nitrogens with zero attached hydrogens (tertiary/aromatic N) is 3. The van der Waals surface area contributed by atoms with E-state index in [1.165, 1.54) is 24.1 Å². The molecule has 5 heteroatoms. The molecule has 0 atom stereocenters. The molecule has 0 bridgehead atoms. The van der Waals surface area contributed by atoms with Crippen molar-refractivity contribution >= 4 is 18.0 Å². The lowest BCUT2D eigenvalue weighted by Gasteiger charge is -2.09. The molecule has 18 heavy (non-hydrogen) atoms. The van der Waals surface area contributed by atoms with E-state index in [1.54, 1.807) is 0 Å². The normalized spacial score (nSPS) is 10.3. The van der Waals surface area contributed by atoms with Gasteiger partial charge in [0.2, 0.25) is 4.77 Å². The Morgan fingerprint density at radius 3 is 2.50 bits per heavy atom. The summed E-state index contributed by atoms with van der Waals surface area (Å²) in [5.74, 6) is 0.667. The van der Waals surface area contributed by atoms with Crippen LogP contribution < -0.4 is 0 Å². The van der Waals surface area contributed by atoms with Crippen molar-refractivity contribution in [2.45, 2.75) is 53.9 Å². The molecule has 0 saturated carbocycles. The fourth-order valence-corrected chi connectivity index (χ4v) is 2.12. The van der Waals surface area contributed by atoms with E-state index in [0.29, 0.717) is 10.5 Å². The van der Waals surface area contributed by atoms with Crippen LogP contribution in [0.2, 0.25) is 0 Å². The van der Waals surface area contributed by atoms with Crippen LogP contribution in [-0.4, -0.2) is 19.6 Å². The molecule has 0 aliphatic carbocycles. The molecule has 100 valence electrons. The largest absolute Gasteiger partial charge is 0.265 e. The number of rotatable bonds is 3. The van der Waals surface area contributed by atoms with E-state index in [-0.39, 0.29) is 0 Å². The third-order valence-corrected chi connectivity index (χ3v) is 3.05. The number of hydrogen-bond acceptors (Lipinski definition) is 3. The van der Waals surface area contributed by atoms with E-state index in [9.17, 15) is 0 Å². The van der Waals surface area contributed by atoms with E-state index < -0.39 is 0 Å². The maximum absolute atomic E-state index is 5.02. The maximum Gasteiger partial charge on any atom is 0.252 e. The van der Waals surface area contributed by atoms with Crippen LogP contribution in [0.15, 0.2) is 0 Å². The molecule has 0 aliphatic heterocycles. The first kappa shape index (κ1) is 14.8. The molecule has 0 saturated heterocycles. The van der Waals surface area contributed by atoms with Gasteiger partial charge in [0, 0.05) is 11.4 Å². The zero-order valence-electron chi connectivity index (χ0n) is 11.9. The van der Waals surface area contributed by atoms with Gasteiger partial charge in [0.05, 0.1) is 0 Å². The molecule has 0 aliphatic rings. The van der Waals surface area contributed by atoms with E-state index >= 15 is 0 Å². The highest BCUT2D eigenvalue weighted by molar-refractivity contribution is 7.71. The Hall–Kier alpha value is -1.23. The van der Waals surface area contributed by atoms with Crippen molar-refractivity contribution in [3.8, 4) is 0 Å². The molecule has 0 spiro atoms. The highest BCUT2D eigenvalue weighted by Crippen LogP contribution is 2.15. The van der Waals surface area contributed by atoms with Crippen LogP contribution in [0.25, 0.3) is 5.78 Å². The molecule has 2 aromatic heterocycles. The monoisotopic (exact) mass is 266 g/mol. The summed E-state index contributed by atoms with van der Waals surface area (Å²) in [6.45, 7) is 10.3. The summed E-state index contributed by atoms with van der Waals surface area (Å²) in [4.78, 5) is 8.63. The summed E-state index contributed by atoms with van der Waals surface area (Å²) >= 11 is 5.02. The molecule has 2 heterocycles. The second kappa shape index (κ2) is 6.64. The standard InChI is InChI=1S/C11H16N4S.C2H6/c1-4-5-6-9-7(2)12-10-13-11(16)14-15(10)8(9)3;1-2/h4-6H2,1-3H3,(H,14,16);1-2H3.